The van der Waals surface area contributed by atoms with Crippen LogP contribution in [0.1, 0.15) is 0 Å². The van der Waals surface area contributed by atoms with Crippen molar-refractivity contribution >= 4 is 26.9 Å². The van der Waals surface area contributed by atoms with Crippen LogP contribution in [0.5, 0.6) is 0 Å². The first-order valence-corrected chi connectivity index (χ1v) is 10.4. The lowest BCUT2D eigenvalue weighted by molar-refractivity contribution is 0.606. The molecule has 0 saturated heterocycles. The Morgan fingerprint density at radius 1 is 0.964 bits per heavy atom. The van der Waals surface area contributed by atoms with Gasteiger partial charge in [-0.3, -0.25) is 9.71 Å². The fourth-order valence-corrected chi connectivity index (χ4v) is 3.80. The molecule has 0 fully saturated rings. The normalized spacial score (nSPS) is 11.7. The Hall–Kier alpha value is -3.26. The van der Waals surface area contributed by atoms with Gasteiger partial charge in [0.15, 0.2) is 0 Å². The van der Waals surface area contributed by atoms with E-state index >= 15 is 0 Å². The highest BCUT2D eigenvalue weighted by Gasteiger charge is 2.20. The maximum atomic E-state index is 13.4. The van der Waals surface area contributed by atoms with Crippen molar-refractivity contribution in [1.82, 2.24) is 14.5 Å². The second kappa shape index (κ2) is 6.72. The third kappa shape index (κ3) is 3.34. The molecule has 0 bridgehead atoms. The van der Waals surface area contributed by atoms with Crippen LogP contribution in [-0.4, -0.2) is 29.2 Å². The maximum Gasteiger partial charge on any atom is 0.230 e. The Balaban J connectivity index is 2.03. The molecular formula is C20H17FN4O2S. The fourth-order valence-electron chi connectivity index (χ4n) is 3.30. The molecule has 1 aromatic carbocycles. The van der Waals surface area contributed by atoms with E-state index in [0.717, 1.165) is 34.0 Å². The van der Waals surface area contributed by atoms with E-state index in [4.69, 9.17) is 0 Å². The van der Waals surface area contributed by atoms with E-state index < -0.39 is 10.0 Å². The van der Waals surface area contributed by atoms with Gasteiger partial charge in [0, 0.05) is 30.4 Å². The SMILES string of the molecule is Cn1c(-c2ccc(F)cc2)c(-c2ccncc2)c2ccc(NS(C)(=O)=O)nc21. The van der Waals surface area contributed by atoms with Crippen molar-refractivity contribution in [2.45, 2.75) is 0 Å². The van der Waals surface area contributed by atoms with Crippen LogP contribution in [0.25, 0.3) is 33.4 Å². The van der Waals surface area contributed by atoms with Crippen LogP contribution < -0.4 is 4.72 Å². The Morgan fingerprint density at radius 3 is 2.29 bits per heavy atom. The molecule has 4 rings (SSSR count). The van der Waals surface area contributed by atoms with E-state index in [-0.39, 0.29) is 11.6 Å². The quantitative estimate of drug-likeness (QED) is 0.569. The molecule has 3 heterocycles. The number of pyridine rings is 2. The van der Waals surface area contributed by atoms with Crippen LogP contribution in [0.2, 0.25) is 0 Å². The molecule has 6 nitrogen and oxygen atoms in total. The minimum Gasteiger partial charge on any atom is -0.328 e. The van der Waals surface area contributed by atoms with E-state index in [1.165, 1.54) is 12.1 Å². The van der Waals surface area contributed by atoms with Crippen LogP contribution >= 0.6 is 0 Å². The summed E-state index contributed by atoms with van der Waals surface area (Å²) in [7, 11) is -1.59. The lowest BCUT2D eigenvalue weighted by atomic mass is 10.00. The fraction of sp³-hybridized carbons (Fsp3) is 0.100. The molecule has 3 aromatic heterocycles. The van der Waals surface area contributed by atoms with Crippen molar-refractivity contribution in [3.05, 3.63) is 66.7 Å². The van der Waals surface area contributed by atoms with Gasteiger partial charge in [0.25, 0.3) is 0 Å². The van der Waals surface area contributed by atoms with Gasteiger partial charge >= 0.3 is 0 Å². The number of nitrogens with one attached hydrogen (secondary N) is 1. The second-order valence-electron chi connectivity index (χ2n) is 6.47. The van der Waals surface area contributed by atoms with Gasteiger partial charge in [0.2, 0.25) is 10.0 Å². The monoisotopic (exact) mass is 396 g/mol. The third-order valence-electron chi connectivity index (χ3n) is 4.41. The molecule has 0 aliphatic heterocycles. The number of benzene rings is 1. The number of fused-ring (bicyclic) bond motifs is 1. The summed E-state index contributed by atoms with van der Waals surface area (Å²) in [6.07, 6.45) is 4.49. The van der Waals surface area contributed by atoms with Crippen molar-refractivity contribution in [2.24, 2.45) is 7.05 Å². The minimum atomic E-state index is -3.44. The summed E-state index contributed by atoms with van der Waals surface area (Å²) < 4.78 is 40.9. The minimum absolute atomic E-state index is 0.238. The van der Waals surface area contributed by atoms with Crippen molar-refractivity contribution in [1.29, 1.82) is 0 Å². The van der Waals surface area contributed by atoms with Gasteiger partial charge in [0.1, 0.15) is 17.3 Å². The van der Waals surface area contributed by atoms with Crippen LogP contribution in [0.3, 0.4) is 0 Å². The molecule has 142 valence electrons. The van der Waals surface area contributed by atoms with E-state index in [9.17, 15) is 12.8 Å². The summed E-state index contributed by atoms with van der Waals surface area (Å²) in [6.45, 7) is 0. The second-order valence-corrected chi connectivity index (χ2v) is 8.22. The molecule has 4 aromatic rings. The highest BCUT2D eigenvalue weighted by molar-refractivity contribution is 7.92. The molecule has 0 atom stereocenters. The standard InChI is InChI=1S/C20H17FN4O2S/c1-25-19(14-3-5-15(21)6-4-14)18(13-9-11-22-12-10-13)16-7-8-17(23-20(16)25)24-28(2,26)27/h3-12H,1-2H3,(H,23,24). The Morgan fingerprint density at radius 2 is 1.64 bits per heavy atom. The van der Waals surface area contributed by atoms with Gasteiger partial charge < -0.3 is 4.57 Å². The molecule has 0 radical (unpaired) electrons. The maximum absolute atomic E-state index is 13.4. The first-order chi connectivity index (χ1) is 13.3. The van der Waals surface area contributed by atoms with Gasteiger partial charge in [-0.05, 0) is 59.7 Å². The molecule has 0 spiro atoms. The van der Waals surface area contributed by atoms with Gasteiger partial charge in [0.05, 0.1) is 11.9 Å². The predicted molar refractivity (Wildman–Crippen MR) is 108 cm³/mol. The van der Waals surface area contributed by atoms with Crippen LogP contribution in [0.15, 0.2) is 60.9 Å². The van der Waals surface area contributed by atoms with Gasteiger partial charge in [-0.15, -0.1) is 0 Å². The van der Waals surface area contributed by atoms with E-state index in [1.54, 1.807) is 30.6 Å². The van der Waals surface area contributed by atoms with Gasteiger partial charge in [-0.1, -0.05) is 0 Å². The third-order valence-corrected chi connectivity index (χ3v) is 4.99. The number of hydrogen-bond donors (Lipinski definition) is 1. The first kappa shape index (κ1) is 18.1. The molecule has 0 aliphatic rings. The molecule has 0 aliphatic carbocycles. The average Bonchev–Trinajstić information content (AvgIpc) is 2.94. The Kier molecular flexibility index (Phi) is 4.35. The lowest BCUT2D eigenvalue weighted by Crippen LogP contribution is -2.10. The molecule has 8 heteroatoms. The molecule has 0 unspecified atom stereocenters. The zero-order valence-electron chi connectivity index (χ0n) is 15.2. The lowest BCUT2D eigenvalue weighted by Gasteiger charge is -2.08. The van der Waals surface area contributed by atoms with Crippen molar-refractivity contribution in [3.8, 4) is 22.4 Å². The predicted octanol–water partition coefficient (Wildman–Crippen LogP) is 3.81. The molecular weight excluding hydrogens is 379 g/mol. The van der Waals surface area contributed by atoms with Crippen molar-refractivity contribution < 1.29 is 12.8 Å². The summed E-state index contributed by atoms with van der Waals surface area (Å²) in [5.74, 6) is -0.0757. The van der Waals surface area contributed by atoms with E-state index in [1.807, 2.05) is 29.8 Å². The smallest absolute Gasteiger partial charge is 0.230 e. The van der Waals surface area contributed by atoms with Gasteiger partial charge in [-0.25, -0.2) is 17.8 Å². The highest BCUT2D eigenvalue weighted by Crippen LogP contribution is 2.40. The zero-order valence-corrected chi connectivity index (χ0v) is 16.0. The summed E-state index contributed by atoms with van der Waals surface area (Å²) >= 11 is 0. The number of nitrogens with zero attached hydrogens (tertiary/aromatic N) is 3. The van der Waals surface area contributed by atoms with E-state index in [2.05, 4.69) is 14.7 Å². The summed E-state index contributed by atoms with van der Waals surface area (Å²) in [5, 5.41) is 0.854. The Bertz CT molecular complexity index is 1270. The number of anilines is 1. The molecule has 0 saturated carbocycles. The summed E-state index contributed by atoms with van der Waals surface area (Å²) in [5.41, 5.74) is 4.15. The Labute approximate surface area is 161 Å². The highest BCUT2D eigenvalue weighted by atomic mass is 32.2. The number of hydrogen-bond acceptors (Lipinski definition) is 4. The number of halogens is 1. The number of aromatic nitrogens is 3. The van der Waals surface area contributed by atoms with Crippen LogP contribution in [0, 0.1) is 5.82 Å². The summed E-state index contributed by atoms with van der Waals surface area (Å²) in [4.78, 5) is 8.57. The average molecular weight is 396 g/mol. The van der Waals surface area contributed by atoms with Crippen molar-refractivity contribution in [2.75, 3.05) is 11.0 Å². The molecule has 1 N–H and O–H groups in total. The van der Waals surface area contributed by atoms with Crippen LogP contribution in [-0.2, 0) is 17.1 Å². The van der Waals surface area contributed by atoms with Crippen molar-refractivity contribution in [3.63, 3.8) is 0 Å². The number of aryl methyl sites for hydroxylation is 1. The number of sulfonamides is 1. The topological polar surface area (TPSA) is 76.9 Å². The molecule has 0 amide bonds. The zero-order chi connectivity index (χ0) is 19.9. The molecule has 28 heavy (non-hydrogen) atoms. The first-order valence-electron chi connectivity index (χ1n) is 8.47. The van der Waals surface area contributed by atoms with Crippen LogP contribution in [0.4, 0.5) is 10.2 Å². The number of rotatable bonds is 4. The largest absolute Gasteiger partial charge is 0.328 e. The van der Waals surface area contributed by atoms with E-state index in [0.29, 0.717) is 5.65 Å². The summed E-state index contributed by atoms with van der Waals surface area (Å²) in [6, 6.07) is 13.5. The van der Waals surface area contributed by atoms with Gasteiger partial charge in [-0.2, -0.15) is 0 Å².